The van der Waals surface area contributed by atoms with Crippen LogP contribution in [-0.2, 0) is 0 Å². The molecular weight excluding hydrogens is 514 g/mol. The van der Waals surface area contributed by atoms with Crippen molar-refractivity contribution in [3.8, 4) is 5.69 Å². The first kappa shape index (κ1) is 24.9. The van der Waals surface area contributed by atoms with Gasteiger partial charge in [-0.25, -0.2) is 13.8 Å². The fourth-order valence-electron chi connectivity index (χ4n) is 4.52. The van der Waals surface area contributed by atoms with Crippen molar-refractivity contribution in [3.63, 3.8) is 0 Å². The monoisotopic (exact) mass is 538 g/mol. The van der Waals surface area contributed by atoms with Crippen LogP contribution in [-0.4, -0.2) is 83.9 Å². The molecule has 1 aromatic carbocycles. The van der Waals surface area contributed by atoms with Crippen molar-refractivity contribution in [2.24, 2.45) is 0 Å². The van der Waals surface area contributed by atoms with E-state index in [9.17, 15) is 27.5 Å². The van der Waals surface area contributed by atoms with Crippen LogP contribution >= 0.6 is 22.2 Å². The number of nitrogens with zero attached hydrogens (tertiary/aromatic N) is 4. The molecule has 0 saturated carbocycles. The molecule has 2 aliphatic heterocycles. The molecule has 0 bridgehead atoms. The van der Waals surface area contributed by atoms with E-state index < -0.39 is 16.5 Å². The lowest BCUT2D eigenvalue weighted by Crippen LogP contribution is -2.42. The Morgan fingerprint density at radius 1 is 0.944 bits per heavy atom. The van der Waals surface area contributed by atoms with Gasteiger partial charge in [-0.1, -0.05) is 11.6 Å². The van der Waals surface area contributed by atoms with E-state index in [0.29, 0.717) is 32.9 Å². The molecule has 0 aliphatic carbocycles. The van der Waals surface area contributed by atoms with Crippen molar-refractivity contribution in [1.29, 1.82) is 0 Å². The summed E-state index contributed by atoms with van der Waals surface area (Å²) in [5.41, 5.74) is 1.84. The molecule has 36 heavy (non-hydrogen) atoms. The predicted octanol–water partition coefficient (Wildman–Crippen LogP) is 4.76. The lowest BCUT2D eigenvalue weighted by Gasteiger charge is -2.40. The highest BCUT2D eigenvalue weighted by atomic mass is 35.5. The van der Waals surface area contributed by atoms with Crippen LogP contribution in [0, 0.1) is 0 Å². The van der Waals surface area contributed by atoms with Gasteiger partial charge in [-0.3, -0.25) is 18.7 Å². The number of hydrogen-bond acceptors (Lipinski definition) is 5. The highest BCUT2D eigenvalue weighted by Gasteiger charge is 2.36. The van der Waals surface area contributed by atoms with Crippen molar-refractivity contribution in [2.75, 3.05) is 37.7 Å². The van der Waals surface area contributed by atoms with E-state index in [1.165, 1.54) is 11.1 Å². The van der Waals surface area contributed by atoms with Crippen LogP contribution in [0.15, 0.2) is 42.7 Å². The number of carbonyl (C=O) groups is 2. The summed E-state index contributed by atoms with van der Waals surface area (Å²) in [6.07, 6.45) is 2.49. The van der Waals surface area contributed by atoms with Crippen LogP contribution in [0.25, 0.3) is 16.7 Å². The van der Waals surface area contributed by atoms with Gasteiger partial charge in [0.2, 0.25) is 0 Å². The van der Waals surface area contributed by atoms with E-state index in [1.54, 1.807) is 46.0 Å². The predicted molar refractivity (Wildman–Crippen MR) is 135 cm³/mol. The van der Waals surface area contributed by atoms with Crippen LogP contribution in [0.4, 0.5) is 8.78 Å². The zero-order chi connectivity index (χ0) is 25.7. The van der Waals surface area contributed by atoms with Gasteiger partial charge < -0.3 is 14.4 Å². The van der Waals surface area contributed by atoms with Crippen molar-refractivity contribution in [2.45, 2.75) is 18.8 Å². The number of halogens is 3. The number of hydrogen-bond donors (Lipinski definition) is 2. The SMILES string of the molecule is O=C(c1cnc2c(ccn2-c2cc(Cl)cc(C(=O)N3CCS(O)(O)CC3)c2)c1)N1CCC(F)(F)CC1. The largest absolute Gasteiger partial charge is 0.338 e. The van der Waals surface area contributed by atoms with Gasteiger partial charge in [-0.2, -0.15) is 10.6 Å². The summed E-state index contributed by atoms with van der Waals surface area (Å²) < 4.78 is 48.3. The second kappa shape index (κ2) is 9.29. The fourth-order valence-corrected chi connectivity index (χ4v) is 5.98. The van der Waals surface area contributed by atoms with Crippen molar-refractivity contribution < 1.29 is 27.5 Å². The topological polar surface area (TPSA) is 98.9 Å². The molecule has 2 N–H and O–H groups in total. The van der Waals surface area contributed by atoms with E-state index in [-0.39, 0.29) is 62.3 Å². The Kier molecular flexibility index (Phi) is 6.44. The highest BCUT2D eigenvalue weighted by molar-refractivity contribution is 8.24. The Hall–Kier alpha value is -2.73. The minimum absolute atomic E-state index is 0.000125. The molecule has 2 aliphatic rings. The lowest BCUT2D eigenvalue weighted by atomic mass is 10.1. The van der Waals surface area contributed by atoms with Crippen LogP contribution in [0.2, 0.25) is 5.02 Å². The summed E-state index contributed by atoms with van der Waals surface area (Å²) in [6, 6.07) is 8.41. The first-order chi connectivity index (χ1) is 17.0. The average Bonchev–Trinajstić information content (AvgIpc) is 3.26. The smallest absolute Gasteiger partial charge is 0.255 e. The normalized spacial score (nSPS) is 20.4. The van der Waals surface area contributed by atoms with Crippen molar-refractivity contribution in [3.05, 3.63) is 58.9 Å². The Morgan fingerprint density at radius 3 is 2.28 bits per heavy atom. The number of carbonyl (C=O) groups excluding carboxylic acids is 2. The number of aromatic nitrogens is 2. The molecule has 4 heterocycles. The first-order valence-electron chi connectivity index (χ1n) is 11.5. The third-order valence-electron chi connectivity index (χ3n) is 6.63. The maximum Gasteiger partial charge on any atom is 0.255 e. The maximum absolute atomic E-state index is 13.5. The third kappa shape index (κ3) is 5.06. The standard InChI is InChI=1S/C24H25ClF2N4O4S/c25-19-12-17(22(32)30-7-9-36(34,35)10-8-30)13-20(14-19)31-4-1-16-11-18(15-28-21(16)31)23(33)29-5-2-24(26,27)3-6-29/h1,4,11-15,34-35H,2-3,5-10H2. The van der Waals surface area contributed by atoms with E-state index in [2.05, 4.69) is 4.98 Å². The number of fused-ring (bicyclic) bond motifs is 1. The molecule has 2 fully saturated rings. The number of benzene rings is 1. The van der Waals surface area contributed by atoms with Crippen molar-refractivity contribution >= 4 is 45.0 Å². The summed E-state index contributed by atoms with van der Waals surface area (Å²) in [7, 11) is -2.62. The summed E-state index contributed by atoms with van der Waals surface area (Å²) >= 11 is 6.34. The van der Waals surface area contributed by atoms with E-state index in [0.717, 1.165) is 0 Å². The third-order valence-corrected chi connectivity index (χ3v) is 8.52. The van der Waals surface area contributed by atoms with Crippen LogP contribution < -0.4 is 0 Å². The zero-order valence-corrected chi connectivity index (χ0v) is 20.8. The molecule has 3 aromatic rings. The fraction of sp³-hybridized carbons (Fsp3) is 0.375. The summed E-state index contributed by atoms with van der Waals surface area (Å²) in [5, 5.41) is 1.03. The van der Waals surface area contributed by atoms with Gasteiger partial charge in [0.15, 0.2) is 0 Å². The zero-order valence-electron chi connectivity index (χ0n) is 19.2. The maximum atomic E-state index is 13.5. The first-order valence-corrected chi connectivity index (χ1v) is 13.8. The van der Waals surface area contributed by atoms with E-state index in [4.69, 9.17) is 11.6 Å². The van der Waals surface area contributed by atoms with E-state index >= 15 is 0 Å². The highest BCUT2D eigenvalue weighted by Crippen LogP contribution is 2.40. The second-order valence-corrected chi connectivity index (χ2v) is 12.0. The molecule has 0 unspecified atom stereocenters. The Morgan fingerprint density at radius 2 is 1.58 bits per heavy atom. The summed E-state index contributed by atoms with van der Waals surface area (Å²) in [4.78, 5) is 33.3. The average molecular weight is 539 g/mol. The number of piperidine rings is 1. The van der Waals surface area contributed by atoms with Crippen LogP contribution in [0.5, 0.6) is 0 Å². The molecule has 2 amide bonds. The number of pyridine rings is 1. The molecule has 12 heteroatoms. The number of alkyl halides is 2. The molecule has 2 aromatic heterocycles. The quantitative estimate of drug-likeness (QED) is 0.501. The molecule has 192 valence electrons. The summed E-state index contributed by atoms with van der Waals surface area (Å²) in [6.45, 7) is 0.505. The van der Waals surface area contributed by atoms with Crippen molar-refractivity contribution in [1.82, 2.24) is 19.4 Å². The second-order valence-electron chi connectivity index (χ2n) is 9.17. The summed E-state index contributed by atoms with van der Waals surface area (Å²) in [5.74, 6) is -3.01. The molecule has 0 atom stereocenters. The van der Waals surface area contributed by atoms with Crippen LogP contribution in [0.3, 0.4) is 0 Å². The molecule has 0 spiro atoms. The van der Waals surface area contributed by atoms with Gasteiger partial charge in [-0.15, -0.1) is 0 Å². The Balaban J connectivity index is 1.39. The van der Waals surface area contributed by atoms with Gasteiger partial charge in [0, 0.05) is 73.1 Å². The minimum Gasteiger partial charge on any atom is -0.338 e. The van der Waals surface area contributed by atoms with Gasteiger partial charge in [-0.05, 0) is 30.3 Å². The molecular formula is C24H25ClF2N4O4S. The number of amides is 2. The van der Waals surface area contributed by atoms with Gasteiger partial charge >= 0.3 is 0 Å². The minimum atomic E-state index is -2.73. The number of likely N-dealkylation sites (tertiary alicyclic amines) is 1. The Labute approximate surface area is 212 Å². The molecule has 5 rings (SSSR count). The molecule has 2 saturated heterocycles. The lowest BCUT2D eigenvalue weighted by molar-refractivity contribution is -0.0494. The van der Waals surface area contributed by atoms with Gasteiger partial charge in [0.1, 0.15) is 5.65 Å². The van der Waals surface area contributed by atoms with Gasteiger partial charge in [0.05, 0.1) is 17.1 Å². The van der Waals surface area contributed by atoms with Crippen LogP contribution in [0.1, 0.15) is 33.6 Å². The molecule has 8 nitrogen and oxygen atoms in total. The molecule has 0 radical (unpaired) electrons. The number of rotatable bonds is 3. The van der Waals surface area contributed by atoms with Gasteiger partial charge in [0.25, 0.3) is 17.7 Å². The van der Waals surface area contributed by atoms with E-state index in [1.807, 2.05) is 0 Å². The Bertz CT molecular complexity index is 1330.